The van der Waals surface area contributed by atoms with Crippen LogP contribution in [0.2, 0.25) is 0 Å². The number of aromatic nitrogens is 3. The van der Waals surface area contributed by atoms with E-state index in [0.717, 1.165) is 11.1 Å². The van der Waals surface area contributed by atoms with E-state index >= 15 is 0 Å². The number of hydrogen-bond acceptors (Lipinski definition) is 6. The van der Waals surface area contributed by atoms with Gasteiger partial charge in [0.05, 0.1) is 25.9 Å². The van der Waals surface area contributed by atoms with E-state index < -0.39 is 5.25 Å². The van der Waals surface area contributed by atoms with Gasteiger partial charge in [0.25, 0.3) is 0 Å². The molecule has 1 saturated heterocycles. The van der Waals surface area contributed by atoms with Crippen LogP contribution in [-0.2, 0) is 16.1 Å². The molecule has 2 aromatic carbocycles. The molecule has 1 aromatic heterocycles. The lowest BCUT2D eigenvalue weighted by atomic mass is 10.1. The first-order valence-electron chi connectivity index (χ1n) is 10.5. The molecule has 2 heterocycles. The molecule has 3 aromatic rings. The van der Waals surface area contributed by atoms with Crippen LogP contribution in [0.25, 0.3) is 11.4 Å². The molecule has 0 bridgehead atoms. The number of methoxy groups -OCH3 is 1. The van der Waals surface area contributed by atoms with Crippen LogP contribution in [0.5, 0.6) is 5.75 Å². The zero-order chi connectivity index (χ0) is 22.3. The highest BCUT2D eigenvalue weighted by atomic mass is 32.2. The zero-order valence-electron chi connectivity index (χ0n) is 18.0. The van der Waals surface area contributed by atoms with Crippen LogP contribution in [0.15, 0.2) is 72.4 Å². The quantitative estimate of drug-likeness (QED) is 0.384. The Morgan fingerprint density at radius 1 is 1.16 bits per heavy atom. The first kappa shape index (κ1) is 22.1. The van der Waals surface area contributed by atoms with Crippen LogP contribution in [0, 0.1) is 0 Å². The van der Waals surface area contributed by atoms with E-state index in [9.17, 15) is 4.79 Å². The van der Waals surface area contributed by atoms with Crippen LogP contribution in [0.4, 0.5) is 0 Å². The number of allylic oxidation sites excluding steroid dienone is 1. The van der Waals surface area contributed by atoms with Crippen molar-refractivity contribution >= 4 is 17.7 Å². The number of morpholine rings is 1. The number of carbonyl (C=O) groups excluding carboxylic acids is 1. The fraction of sp³-hybridized carbons (Fsp3) is 0.292. The lowest BCUT2D eigenvalue weighted by Crippen LogP contribution is -2.42. The number of hydrogen-bond donors (Lipinski definition) is 0. The summed E-state index contributed by atoms with van der Waals surface area (Å²) >= 11 is 1.41. The Morgan fingerprint density at radius 2 is 1.88 bits per heavy atom. The van der Waals surface area contributed by atoms with Crippen molar-refractivity contribution < 1.29 is 14.3 Å². The predicted molar refractivity (Wildman–Crippen MR) is 125 cm³/mol. The molecule has 1 fully saturated rings. The number of amides is 1. The summed E-state index contributed by atoms with van der Waals surface area (Å²) in [5, 5.41) is 9.12. The Labute approximate surface area is 192 Å². The van der Waals surface area contributed by atoms with Crippen molar-refractivity contribution in [3.63, 3.8) is 0 Å². The summed E-state index contributed by atoms with van der Waals surface area (Å²) in [6.07, 6.45) is 1.80. The highest BCUT2D eigenvalue weighted by Crippen LogP contribution is 2.38. The average Bonchev–Trinajstić information content (AvgIpc) is 3.25. The van der Waals surface area contributed by atoms with Gasteiger partial charge < -0.3 is 14.4 Å². The summed E-state index contributed by atoms with van der Waals surface area (Å²) in [6, 6.07) is 17.5. The Bertz CT molecular complexity index is 1060. The van der Waals surface area contributed by atoms with Crippen molar-refractivity contribution in [1.29, 1.82) is 0 Å². The summed E-state index contributed by atoms with van der Waals surface area (Å²) in [5.74, 6) is 1.44. The average molecular weight is 451 g/mol. The molecule has 0 spiro atoms. The van der Waals surface area contributed by atoms with Crippen LogP contribution in [0.1, 0.15) is 10.8 Å². The maximum absolute atomic E-state index is 13.5. The Morgan fingerprint density at radius 3 is 2.59 bits per heavy atom. The van der Waals surface area contributed by atoms with Crippen LogP contribution in [0.3, 0.4) is 0 Å². The molecular formula is C24H26N4O3S. The number of ether oxygens (including phenoxy) is 2. The summed E-state index contributed by atoms with van der Waals surface area (Å²) in [7, 11) is 1.63. The van der Waals surface area contributed by atoms with E-state index in [1.807, 2.05) is 64.1 Å². The van der Waals surface area contributed by atoms with Crippen LogP contribution in [-0.4, -0.2) is 59.0 Å². The summed E-state index contributed by atoms with van der Waals surface area (Å²) in [4.78, 5) is 15.4. The number of para-hydroxylation sites is 1. The largest absolute Gasteiger partial charge is 0.496 e. The molecule has 1 aliphatic rings. The second-order valence-corrected chi connectivity index (χ2v) is 8.32. The molecule has 4 rings (SSSR count). The van der Waals surface area contributed by atoms with E-state index in [-0.39, 0.29) is 5.91 Å². The molecule has 0 aliphatic carbocycles. The van der Waals surface area contributed by atoms with Crippen molar-refractivity contribution in [1.82, 2.24) is 19.7 Å². The summed E-state index contributed by atoms with van der Waals surface area (Å²) in [6.45, 7) is 6.70. The second-order valence-electron chi connectivity index (χ2n) is 7.25. The molecule has 0 N–H and O–H groups in total. The smallest absolute Gasteiger partial charge is 0.240 e. The topological polar surface area (TPSA) is 69.5 Å². The molecule has 0 radical (unpaired) electrons. The van der Waals surface area contributed by atoms with Gasteiger partial charge in [0.1, 0.15) is 11.0 Å². The van der Waals surface area contributed by atoms with Crippen LogP contribution < -0.4 is 4.74 Å². The fourth-order valence-corrected chi connectivity index (χ4v) is 4.77. The first-order valence-corrected chi connectivity index (χ1v) is 11.4. The minimum atomic E-state index is -0.437. The number of carbonyl (C=O) groups is 1. The maximum atomic E-state index is 13.5. The Kier molecular flexibility index (Phi) is 7.24. The molecule has 0 unspecified atom stereocenters. The van der Waals surface area contributed by atoms with Crippen molar-refractivity contribution in [2.24, 2.45) is 0 Å². The zero-order valence-corrected chi connectivity index (χ0v) is 18.8. The molecule has 1 aliphatic heterocycles. The van der Waals surface area contributed by atoms with Gasteiger partial charge in [0.15, 0.2) is 11.0 Å². The van der Waals surface area contributed by atoms with Gasteiger partial charge in [-0.2, -0.15) is 0 Å². The molecule has 1 atom stereocenters. The Hall–Kier alpha value is -3.10. The third kappa shape index (κ3) is 4.71. The van der Waals surface area contributed by atoms with E-state index in [4.69, 9.17) is 9.47 Å². The molecular weight excluding hydrogens is 424 g/mol. The first-order chi connectivity index (χ1) is 15.7. The Balaban J connectivity index is 1.71. The molecule has 166 valence electrons. The van der Waals surface area contributed by atoms with Crippen molar-refractivity contribution in [3.8, 4) is 17.1 Å². The van der Waals surface area contributed by atoms with Gasteiger partial charge in [0.2, 0.25) is 5.91 Å². The highest BCUT2D eigenvalue weighted by molar-refractivity contribution is 8.00. The fourth-order valence-electron chi connectivity index (χ4n) is 3.64. The normalized spacial score (nSPS) is 14.7. The van der Waals surface area contributed by atoms with Gasteiger partial charge in [-0.1, -0.05) is 60.3 Å². The lowest BCUT2D eigenvalue weighted by molar-refractivity contribution is -0.134. The third-order valence-corrected chi connectivity index (χ3v) is 6.47. The molecule has 7 nitrogen and oxygen atoms in total. The second kappa shape index (κ2) is 10.5. The minimum Gasteiger partial charge on any atom is -0.496 e. The van der Waals surface area contributed by atoms with Crippen molar-refractivity contribution in [2.45, 2.75) is 17.0 Å². The van der Waals surface area contributed by atoms with E-state index in [1.165, 1.54) is 11.8 Å². The summed E-state index contributed by atoms with van der Waals surface area (Å²) < 4.78 is 12.9. The van der Waals surface area contributed by atoms with E-state index in [1.54, 1.807) is 13.2 Å². The maximum Gasteiger partial charge on any atom is 0.240 e. The highest BCUT2D eigenvalue weighted by Gasteiger charge is 2.30. The number of nitrogens with zero attached hydrogens (tertiary/aromatic N) is 4. The van der Waals surface area contributed by atoms with Gasteiger partial charge in [-0.3, -0.25) is 9.36 Å². The number of thioether (sulfide) groups is 1. The minimum absolute atomic E-state index is 0.0523. The van der Waals surface area contributed by atoms with E-state index in [2.05, 4.69) is 16.8 Å². The molecule has 32 heavy (non-hydrogen) atoms. The van der Waals surface area contributed by atoms with Gasteiger partial charge in [0, 0.05) is 19.6 Å². The number of rotatable bonds is 8. The van der Waals surface area contributed by atoms with Gasteiger partial charge in [-0.25, -0.2) is 0 Å². The van der Waals surface area contributed by atoms with Gasteiger partial charge in [-0.05, 0) is 17.7 Å². The van der Waals surface area contributed by atoms with E-state index in [0.29, 0.717) is 49.6 Å². The van der Waals surface area contributed by atoms with Crippen LogP contribution >= 0.6 is 11.8 Å². The lowest BCUT2D eigenvalue weighted by Gasteiger charge is -2.30. The number of benzene rings is 2. The van der Waals surface area contributed by atoms with Gasteiger partial charge in [-0.15, -0.1) is 16.8 Å². The third-order valence-electron chi connectivity index (χ3n) is 5.25. The molecule has 8 heteroatoms. The van der Waals surface area contributed by atoms with Gasteiger partial charge >= 0.3 is 0 Å². The monoisotopic (exact) mass is 450 g/mol. The van der Waals surface area contributed by atoms with Crippen molar-refractivity contribution in [3.05, 3.63) is 72.8 Å². The predicted octanol–water partition coefficient (Wildman–Crippen LogP) is 3.83. The SMILES string of the molecule is C=CCn1c(S[C@H](C(=O)N2CCOCC2)c2ccccc2)nnc1-c1ccccc1OC. The molecule has 0 saturated carbocycles. The summed E-state index contributed by atoms with van der Waals surface area (Å²) in [5.41, 5.74) is 1.77. The standard InChI is InChI=1S/C24H26N4O3S/c1-3-13-28-22(19-11-7-8-12-20(19)30-2)25-26-24(28)32-21(18-9-5-4-6-10-18)23(29)27-14-16-31-17-15-27/h3-12,21H,1,13-17H2,2H3/t21-/m0/s1. The van der Waals surface area contributed by atoms with Crippen molar-refractivity contribution in [2.75, 3.05) is 33.4 Å². The molecule has 1 amide bonds.